The van der Waals surface area contributed by atoms with Gasteiger partial charge in [-0.3, -0.25) is 14.9 Å². The lowest BCUT2D eigenvalue weighted by atomic mass is 10.2. The van der Waals surface area contributed by atoms with Crippen molar-refractivity contribution in [3.63, 3.8) is 0 Å². The Morgan fingerprint density at radius 3 is 2.60 bits per heavy atom. The molecule has 2 aromatic carbocycles. The average molecular weight is 292 g/mol. The van der Waals surface area contributed by atoms with Gasteiger partial charge in [0.1, 0.15) is 11.5 Å². The van der Waals surface area contributed by atoms with Crippen molar-refractivity contribution in [1.29, 1.82) is 0 Å². The SMILES string of the molecule is Cc1cc(Oc2cc(Cl)ccc2C=O)ccc1[N+](=O)[O-]. The van der Waals surface area contributed by atoms with Crippen molar-refractivity contribution in [3.05, 3.63) is 62.7 Å². The minimum absolute atomic E-state index is 0.0130. The summed E-state index contributed by atoms with van der Waals surface area (Å²) in [5.74, 6) is 0.708. The highest BCUT2D eigenvalue weighted by Gasteiger charge is 2.12. The van der Waals surface area contributed by atoms with E-state index in [2.05, 4.69) is 0 Å². The molecule has 6 heteroatoms. The van der Waals surface area contributed by atoms with Crippen LogP contribution in [0.3, 0.4) is 0 Å². The van der Waals surface area contributed by atoms with Gasteiger partial charge < -0.3 is 4.74 Å². The Bertz CT molecular complexity index is 685. The summed E-state index contributed by atoms with van der Waals surface area (Å²) in [6, 6.07) is 9.01. The fourth-order valence-electron chi connectivity index (χ4n) is 1.72. The molecule has 0 amide bonds. The smallest absolute Gasteiger partial charge is 0.272 e. The monoisotopic (exact) mass is 291 g/mol. The lowest BCUT2D eigenvalue weighted by Gasteiger charge is -2.09. The molecule has 0 bridgehead atoms. The van der Waals surface area contributed by atoms with Gasteiger partial charge >= 0.3 is 0 Å². The molecule has 0 N–H and O–H groups in total. The van der Waals surface area contributed by atoms with Crippen molar-refractivity contribution in [2.24, 2.45) is 0 Å². The number of aryl methyl sites for hydroxylation is 1. The predicted molar refractivity (Wildman–Crippen MR) is 74.7 cm³/mol. The number of halogens is 1. The van der Waals surface area contributed by atoms with Gasteiger partial charge in [-0.05, 0) is 31.2 Å². The van der Waals surface area contributed by atoms with Gasteiger partial charge in [-0.1, -0.05) is 11.6 Å². The summed E-state index contributed by atoms with van der Waals surface area (Å²) in [4.78, 5) is 21.2. The molecule has 0 spiro atoms. The van der Waals surface area contributed by atoms with Gasteiger partial charge in [0.15, 0.2) is 6.29 Å². The Hall–Kier alpha value is -2.40. The van der Waals surface area contributed by atoms with E-state index in [1.54, 1.807) is 19.1 Å². The molecule has 0 aliphatic rings. The lowest BCUT2D eigenvalue weighted by Crippen LogP contribution is -1.94. The normalized spacial score (nSPS) is 10.1. The van der Waals surface area contributed by atoms with Gasteiger partial charge in [-0.15, -0.1) is 0 Å². The van der Waals surface area contributed by atoms with E-state index < -0.39 is 4.92 Å². The first-order chi connectivity index (χ1) is 9.51. The number of carbonyl (C=O) groups is 1. The summed E-state index contributed by atoms with van der Waals surface area (Å²) >= 11 is 5.85. The van der Waals surface area contributed by atoms with Crippen LogP contribution in [-0.4, -0.2) is 11.2 Å². The van der Waals surface area contributed by atoms with Crippen LogP contribution in [0, 0.1) is 17.0 Å². The maximum absolute atomic E-state index is 10.9. The number of ether oxygens (including phenoxy) is 1. The zero-order valence-electron chi connectivity index (χ0n) is 10.5. The van der Waals surface area contributed by atoms with E-state index in [-0.39, 0.29) is 5.69 Å². The van der Waals surface area contributed by atoms with Crippen molar-refractivity contribution in [3.8, 4) is 11.5 Å². The molecule has 0 unspecified atom stereocenters. The first kappa shape index (κ1) is 14.0. The molecule has 0 radical (unpaired) electrons. The number of hydrogen-bond donors (Lipinski definition) is 0. The minimum atomic E-state index is -0.463. The van der Waals surface area contributed by atoms with E-state index in [9.17, 15) is 14.9 Å². The molecular formula is C14H10ClNO4. The third-order valence-electron chi connectivity index (χ3n) is 2.70. The van der Waals surface area contributed by atoms with Crippen LogP contribution in [0.2, 0.25) is 5.02 Å². The third-order valence-corrected chi connectivity index (χ3v) is 2.93. The summed E-state index contributed by atoms with van der Waals surface area (Å²) in [6.45, 7) is 1.61. The van der Waals surface area contributed by atoms with E-state index in [1.165, 1.54) is 24.3 Å². The van der Waals surface area contributed by atoms with Gasteiger partial charge in [-0.2, -0.15) is 0 Å². The molecule has 0 heterocycles. The Labute approximate surface area is 119 Å². The maximum atomic E-state index is 10.9. The predicted octanol–water partition coefficient (Wildman–Crippen LogP) is 4.16. The van der Waals surface area contributed by atoms with Gasteiger partial charge in [0.2, 0.25) is 0 Å². The number of nitro groups is 1. The molecule has 102 valence electrons. The van der Waals surface area contributed by atoms with Crippen LogP contribution in [0.1, 0.15) is 15.9 Å². The van der Waals surface area contributed by atoms with E-state index in [4.69, 9.17) is 16.3 Å². The second-order valence-electron chi connectivity index (χ2n) is 4.11. The number of benzene rings is 2. The van der Waals surface area contributed by atoms with Crippen molar-refractivity contribution in [1.82, 2.24) is 0 Å². The molecule has 0 aliphatic heterocycles. The van der Waals surface area contributed by atoms with Gasteiger partial charge in [0, 0.05) is 22.7 Å². The summed E-state index contributed by atoms with van der Waals surface area (Å²) in [6.07, 6.45) is 0.657. The van der Waals surface area contributed by atoms with Crippen LogP contribution in [0.5, 0.6) is 11.5 Å². The van der Waals surface area contributed by atoms with Gasteiger partial charge in [-0.25, -0.2) is 0 Å². The first-order valence-electron chi connectivity index (χ1n) is 5.69. The Kier molecular flexibility index (Phi) is 4.00. The number of nitrogens with zero attached hydrogens (tertiary/aromatic N) is 1. The number of nitro benzene ring substituents is 1. The fourth-order valence-corrected chi connectivity index (χ4v) is 1.88. The zero-order chi connectivity index (χ0) is 14.7. The Morgan fingerprint density at radius 1 is 1.25 bits per heavy atom. The number of carbonyl (C=O) groups excluding carboxylic acids is 1. The molecule has 20 heavy (non-hydrogen) atoms. The summed E-state index contributed by atoms with van der Waals surface area (Å²) < 4.78 is 5.56. The fraction of sp³-hybridized carbons (Fsp3) is 0.0714. The molecule has 0 saturated carbocycles. The molecular weight excluding hydrogens is 282 g/mol. The third kappa shape index (κ3) is 2.95. The standard InChI is InChI=1S/C14H10ClNO4/c1-9-6-12(4-5-13(9)16(18)19)20-14-7-11(15)3-2-10(14)8-17/h2-8H,1H3. The summed E-state index contributed by atoms with van der Waals surface area (Å²) in [7, 11) is 0. The second-order valence-corrected chi connectivity index (χ2v) is 4.54. The Balaban J connectivity index is 2.35. The van der Waals surface area contributed by atoms with Crippen LogP contribution in [0.25, 0.3) is 0 Å². The van der Waals surface area contributed by atoms with Crippen molar-refractivity contribution >= 4 is 23.6 Å². The van der Waals surface area contributed by atoms with Crippen LogP contribution >= 0.6 is 11.6 Å². The molecule has 0 saturated heterocycles. The number of hydrogen-bond acceptors (Lipinski definition) is 4. The molecule has 0 atom stereocenters. The molecule has 5 nitrogen and oxygen atoms in total. The lowest BCUT2D eigenvalue weighted by molar-refractivity contribution is -0.385. The molecule has 2 aromatic rings. The largest absolute Gasteiger partial charge is 0.457 e. The highest BCUT2D eigenvalue weighted by Crippen LogP contribution is 2.30. The first-order valence-corrected chi connectivity index (χ1v) is 6.06. The number of rotatable bonds is 4. The van der Waals surface area contributed by atoms with Crippen LogP contribution in [-0.2, 0) is 0 Å². The zero-order valence-corrected chi connectivity index (χ0v) is 11.3. The highest BCUT2D eigenvalue weighted by atomic mass is 35.5. The van der Waals surface area contributed by atoms with E-state index >= 15 is 0 Å². The van der Waals surface area contributed by atoms with E-state index in [0.29, 0.717) is 33.9 Å². The molecule has 0 aliphatic carbocycles. The maximum Gasteiger partial charge on any atom is 0.272 e. The second kappa shape index (κ2) is 5.71. The highest BCUT2D eigenvalue weighted by molar-refractivity contribution is 6.30. The molecule has 0 aromatic heterocycles. The average Bonchev–Trinajstić information content (AvgIpc) is 2.38. The van der Waals surface area contributed by atoms with Crippen molar-refractivity contribution < 1.29 is 14.5 Å². The number of aldehydes is 1. The quantitative estimate of drug-likeness (QED) is 0.482. The van der Waals surface area contributed by atoms with Crippen LogP contribution < -0.4 is 4.74 Å². The van der Waals surface area contributed by atoms with Crippen LogP contribution in [0.15, 0.2) is 36.4 Å². The van der Waals surface area contributed by atoms with Gasteiger partial charge in [0.05, 0.1) is 10.5 Å². The minimum Gasteiger partial charge on any atom is -0.457 e. The molecule has 2 rings (SSSR count). The van der Waals surface area contributed by atoms with E-state index in [0.717, 1.165) is 0 Å². The Morgan fingerprint density at radius 2 is 2.00 bits per heavy atom. The van der Waals surface area contributed by atoms with Gasteiger partial charge in [0.25, 0.3) is 5.69 Å². The summed E-state index contributed by atoms with van der Waals surface area (Å²) in [5.41, 5.74) is 0.839. The van der Waals surface area contributed by atoms with E-state index in [1.807, 2.05) is 0 Å². The van der Waals surface area contributed by atoms with Crippen molar-refractivity contribution in [2.75, 3.05) is 0 Å². The van der Waals surface area contributed by atoms with Crippen LogP contribution in [0.4, 0.5) is 5.69 Å². The molecule has 0 fully saturated rings. The van der Waals surface area contributed by atoms with Crippen molar-refractivity contribution in [2.45, 2.75) is 6.92 Å². The topological polar surface area (TPSA) is 69.4 Å². The summed E-state index contributed by atoms with van der Waals surface area (Å²) in [5, 5.41) is 11.2.